The van der Waals surface area contributed by atoms with Crippen LogP contribution in [0.1, 0.15) is 20.3 Å². The van der Waals surface area contributed by atoms with Crippen LogP contribution in [-0.2, 0) is 0 Å². The molecule has 1 unspecified atom stereocenters. The number of aromatic nitrogens is 2. The molecule has 0 amide bonds. The molecule has 3 nitrogen and oxygen atoms in total. The molecule has 1 heterocycles. The van der Waals surface area contributed by atoms with E-state index in [1.54, 1.807) is 12.4 Å². The van der Waals surface area contributed by atoms with Crippen molar-refractivity contribution in [2.45, 2.75) is 26.3 Å². The Morgan fingerprint density at radius 2 is 2.00 bits per heavy atom. The van der Waals surface area contributed by atoms with Gasteiger partial charge in [0.1, 0.15) is 0 Å². The monoisotopic (exact) mass is 339 g/mol. The number of nitrogens with one attached hydrogen (secondary N) is 1. The number of rotatable bonds is 5. The predicted molar refractivity (Wildman–Crippen MR) is 72.3 cm³/mol. The van der Waals surface area contributed by atoms with Gasteiger partial charge in [-0.1, -0.05) is 13.8 Å². The summed E-state index contributed by atoms with van der Waals surface area (Å²) in [7, 11) is 0. The van der Waals surface area contributed by atoms with Crippen LogP contribution >= 0.6 is 34.2 Å². The van der Waals surface area contributed by atoms with Gasteiger partial charge in [0.15, 0.2) is 0 Å². The van der Waals surface area contributed by atoms with E-state index < -0.39 is 0 Å². The van der Waals surface area contributed by atoms with Crippen molar-refractivity contribution in [3.8, 4) is 0 Å². The molecule has 1 atom stereocenters. The van der Waals surface area contributed by atoms with E-state index >= 15 is 0 Å². The number of halogens is 2. The Labute approximate surface area is 109 Å². The molecule has 0 aliphatic heterocycles. The van der Waals surface area contributed by atoms with Crippen LogP contribution in [0.2, 0.25) is 0 Å². The number of hydrogen-bond acceptors (Lipinski definition) is 3. The van der Waals surface area contributed by atoms with E-state index in [1.165, 1.54) is 0 Å². The topological polar surface area (TPSA) is 37.8 Å². The maximum atomic E-state index is 5.75. The summed E-state index contributed by atoms with van der Waals surface area (Å²) in [5.41, 5.74) is 0. The van der Waals surface area contributed by atoms with Gasteiger partial charge in [-0.25, -0.2) is 9.97 Å². The molecule has 0 saturated heterocycles. The van der Waals surface area contributed by atoms with Gasteiger partial charge in [-0.2, -0.15) is 0 Å². The Balaban J connectivity index is 2.61. The van der Waals surface area contributed by atoms with Crippen LogP contribution in [0, 0.1) is 9.49 Å². The lowest BCUT2D eigenvalue weighted by Crippen LogP contribution is -2.27. The summed E-state index contributed by atoms with van der Waals surface area (Å²) < 4.78 is 1.04. The van der Waals surface area contributed by atoms with E-state index in [-0.39, 0.29) is 0 Å². The van der Waals surface area contributed by atoms with Crippen LogP contribution in [-0.4, -0.2) is 21.9 Å². The summed E-state index contributed by atoms with van der Waals surface area (Å²) in [6.07, 6.45) is 4.52. The highest BCUT2D eigenvalue weighted by atomic mass is 127. The Morgan fingerprint density at radius 1 is 1.40 bits per heavy atom. The zero-order valence-electron chi connectivity index (χ0n) is 8.87. The zero-order valence-corrected chi connectivity index (χ0v) is 11.8. The lowest BCUT2D eigenvalue weighted by atomic mass is 10.0. The van der Waals surface area contributed by atoms with Gasteiger partial charge >= 0.3 is 0 Å². The smallest absolute Gasteiger partial charge is 0.222 e. The molecular formula is C10H15ClIN3. The normalized spacial score (nSPS) is 12.9. The molecule has 0 aromatic carbocycles. The number of hydrogen-bond donors (Lipinski definition) is 1. The van der Waals surface area contributed by atoms with Crippen molar-refractivity contribution in [1.82, 2.24) is 9.97 Å². The van der Waals surface area contributed by atoms with E-state index in [9.17, 15) is 0 Å². The predicted octanol–water partition coefficient (Wildman–Crippen LogP) is 3.15. The highest BCUT2D eigenvalue weighted by Crippen LogP contribution is 2.12. The Bertz CT molecular complexity index is 289. The molecule has 1 aromatic heterocycles. The van der Waals surface area contributed by atoms with Crippen molar-refractivity contribution in [3.63, 3.8) is 0 Å². The molecule has 0 aliphatic rings. The molecule has 15 heavy (non-hydrogen) atoms. The Morgan fingerprint density at radius 3 is 2.47 bits per heavy atom. The maximum absolute atomic E-state index is 5.75. The van der Waals surface area contributed by atoms with Crippen molar-refractivity contribution < 1.29 is 0 Å². The molecule has 84 valence electrons. The van der Waals surface area contributed by atoms with Gasteiger partial charge in [0.25, 0.3) is 0 Å². The first-order chi connectivity index (χ1) is 7.13. The first-order valence-electron chi connectivity index (χ1n) is 4.93. The fourth-order valence-electron chi connectivity index (χ4n) is 1.24. The molecule has 0 aliphatic carbocycles. The van der Waals surface area contributed by atoms with E-state index in [0.717, 1.165) is 9.99 Å². The van der Waals surface area contributed by atoms with Gasteiger partial charge in [0.05, 0.1) is 0 Å². The van der Waals surface area contributed by atoms with Crippen molar-refractivity contribution in [3.05, 3.63) is 16.0 Å². The Hall–Kier alpha value is -0.100. The van der Waals surface area contributed by atoms with Crippen LogP contribution in [0.15, 0.2) is 12.4 Å². The second kappa shape index (κ2) is 6.48. The van der Waals surface area contributed by atoms with Gasteiger partial charge < -0.3 is 5.32 Å². The highest BCUT2D eigenvalue weighted by Gasteiger charge is 2.13. The summed E-state index contributed by atoms with van der Waals surface area (Å²) in [4.78, 5) is 8.42. The van der Waals surface area contributed by atoms with Crippen molar-refractivity contribution >= 4 is 40.1 Å². The van der Waals surface area contributed by atoms with Crippen LogP contribution in [0.5, 0.6) is 0 Å². The molecule has 1 rings (SSSR count). The average molecular weight is 340 g/mol. The third kappa shape index (κ3) is 4.51. The summed E-state index contributed by atoms with van der Waals surface area (Å²) >= 11 is 7.94. The van der Waals surface area contributed by atoms with Gasteiger partial charge in [-0.3, -0.25) is 0 Å². The minimum absolute atomic E-state index is 0.336. The lowest BCUT2D eigenvalue weighted by Gasteiger charge is -2.21. The number of anilines is 1. The summed E-state index contributed by atoms with van der Waals surface area (Å²) in [6.45, 7) is 4.33. The first kappa shape index (κ1) is 13.0. The van der Waals surface area contributed by atoms with Crippen molar-refractivity contribution in [1.29, 1.82) is 0 Å². The van der Waals surface area contributed by atoms with Crippen molar-refractivity contribution in [2.24, 2.45) is 5.92 Å². The third-order valence-corrected chi connectivity index (χ3v) is 2.93. The van der Waals surface area contributed by atoms with Crippen LogP contribution < -0.4 is 5.32 Å². The maximum Gasteiger partial charge on any atom is 0.222 e. The van der Waals surface area contributed by atoms with Crippen LogP contribution in [0.3, 0.4) is 0 Å². The molecule has 0 spiro atoms. The van der Waals surface area contributed by atoms with Crippen LogP contribution in [0.4, 0.5) is 5.95 Å². The summed E-state index contributed by atoms with van der Waals surface area (Å²) in [5.74, 6) is 1.85. The first-order valence-corrected chi connectivity index (χ1v) is 6.55. The van der Waals surface area contributed by atoms with Gasteiger partial charge in [-0.05, 0) is 34.9 Å². The molecule has 1 aromatic rings. The number of alkyl halides is 1. The molecule has 0 fully saturated rings. The van der Waals surface area contributed by atoms with E-state index in [0.29, 0.717) is 23.8 Å². The van der Waals surface area contributed by atoms with E-state index in [4.69, 9.17) is 11.6 Å². The minimum atomic E-state index is 0.336. The lowest BCUT2D eigenvalue weighted by molar-refractivity contribution is 0.510. The van der Waals surface area contributed by atoms with Gasteiger partial charge in [0.2, 0.25) is 5.95 Å². The van der Waals surface area contributed by atoms with E-state index in [2.05, 4.69) is 51.7 Å². The quantitative estimate of drug-likeness (QED) is 0.661. The zero-order chi connectivity index (χ0) is 11.3. The van der Waals surface area contributed by atoms with Gasteiger partial charge in [-0.15, -0.1) is 11.6 Å². The SMILES string of the molecule is CC(C)C(CCCl)Nc1ncc(I)cn1. The molecular weight excluding hydrogens is 324 g/mol. The van der Waals surface area contributed by atoms with Crippen molar-refractivity contribution in [2.75, 3.05) is 11.2 Å². The molecule has 0 bridgehead atoms. The molecule has 0 radical (unpaired) electrons. The Kier molecular flexibility index (Phi) is 5.60. The molecule has 1 N–H and O–H groups in total. The standard InChI is InChI=1S/C10H15ClIN3/c1-7(2)9(3-4-11)15-10-13-5-8(12)6-14-10/h5-7,9H,3-4H2,1-2H3,(H,13,14,15). The fraction of sp³-hybridized carbons (Fsp3) is 0.600. The second-order valence-electron chi connectivity index (χ2n) is 3.70. The highest BCUT2D eigenvalue weighted by molar-refractivity contribution is 14.1. The van der Waals surface area contributed by atoms with E-state index in [1.807, 2.05) is 0 Å². The average Bonchev–Trinajstić information content (AvgIpc) is 2.20. The molecule has 5 heteroatoms. The third-order valence-electron chi connectivity index (χ3n) is 2.16. The van der Waals surface area contributed by atoms with Gasteiger partial charge in [0, 0.05) is 27.9 Å². The second-order valence-corrected chi connectivity index (χ2v) is 5.32. The fourth-order valence-corrected chi connectivity index (χ4v) is 1.76. The summed E-state index contributed by atoms with van der Waals surface area (Å²) in [6, 6.07) is 0.336. The minimum Gasteiger partial charge on any atom is -0.351 e. The number of nitrogens with zero attached hydrogens (tertiary/aromatic N) is 2. The van der Waals surface area contributed by atoms with Crippen LogP contribution in [0.25, 0.3) is 0 Å². The molecule has 0 saturated carbocycles. The summed E-state index contributed by atoms with van der Waals surface area (Å²) in [5, 5.41) is 3.30. The largest absolute Gasteiger partial charge is 0.351 e.